The van der Waals surface area contributed by atoms with Crippen molar-refractivity contribution in [1.82, 2.24) is 9.21 Å². The Morgan fingerprint density at radius 1 is 1.00 bits per heavy atom. The third-order valence-corrected chi connectivity index (χ3v) is 7.02. The average Bonchev–Trinajstić information content (AvgIpc) is 2.73. The fraction of sp³-hybridized carbons (Fsp3) is 0.381. The maximum absolute atomic E-state index is 13.2. The van der Waals surface area contributed by atoms with E-state index in [0.717, 1.165) is 5.56 Å². The maximum Gasteiger partial charge on any atom is 0.257 e. The van der Waals surface area contributed by atoms with Gasteiger partial charge in [0.25, 0.3) is 5.91 Å². The molecule has 7 nitrogen and oxygen atoms in total. The van der Waals surface area contributed by atoms with E-state index in [1.54, 1.807) is 46.2 Å². The molecule has 0 aliphatic heterocycles. The number of ether oxygens (including phenoxy) is 2. The number of hydrogen-bond donors (Lipinski definition) is 0. The largest absolute Gasteiger partial charge is 0.496 e. The normalized spacial score (nSPS) is 11.4. The molecule has 1 amide bonds. The molecule has 0 unspecified atom stereocenters. The second-order valence-electron chi connectivity index (χ2n) is 6.57. The summed E-state index contributed by atoms with van der Waals surface area (Å²) in [4.78, 5) is 14.7. The molecule has 2 rings (SSSR count). The molecule has 9 heteroatoms. The Morgan fingerprint density at radius 2 is 1.60 bits per heavy atom. The lowest BCUT2D eigenvalue weighted by atomic mass is 10.1. The zero-order valence-corrected chi connectivity index (χ0v) is 19.4. The van der Waals surface area contributed by atoms with Gasteiger partial charge in [0, 0.05) is 37.3 Å². The van der Waals surface area contributed by atoms with Crippen molar-refractivity contribution in [2.45, 2.75) is 25.3 Å². The molecule has 2 aromatic rings. The number of halogens is 1. The van der Waals surface area contributed by atoms with Crippen LogP contribution in [0.4, 0.5) is 0 Å². The number of hydrogen-bond acceptors (Lipinski definition) is 5. The summed E-state index contributed by atoms with van der Waals surface area (Å²) in [6, 6.07) is 9.47. The molecule has 0 saturated heterocycles. The van der Waals surface area contributed by atoms with Gasteiger partial charge in [-0.05, 0) is 36.4 Å². The summed E-state index contributed by atoms with van der Waals surface area (Å²) in [5.74, 6) is 0.512. The lowest BCUT2D eigenvalue weighted by molar-refractivity contribution is 0.0780. The molecule has 2 aromatic carbocycles. The van der Waals surface area contributed by atoms with E-state index in [1.807, 2.05) is 0 Å². The van der Waals surface area contributed by atoms with Gasteiger partial charge in [0.15, 0.2) is 0 Å². The van der Waals surface area contributed by atoms with Crippen LogP contribution in [-0.4, -0.2) is 57.9 Å². The van der Waals surface area contributed by atoms with Crippen LogP contribution in [0.1, 0.15) is 29.8 Å². The number of benzene rings is 2. The summed E-state index contributed by atoms with van der Waals surface area (Å²) >= 11 is 6.08. The number of nitrogens with zero attached hydrogens (tertiary/aromatic N) is 2. The monoisotopic (exact) mass is 454 g/mol. The molecular formula is C21H27ClN2O5S. The fourth-order valence-electron chi connectivity index (χ4n) is 3.13. The zero-order chi connectivity index (χ0) is 22.5. The van der Waals surface area contributed by atoms with Gasteiger partial charge < -0.3 is 14.4 Å². The van der Waals surface area contributed by atoms with Crippen molar-refractivity contribution in [3.63, 3.8) is 0 Å². The van der Waals surface area contributed by atoms with Gasteiger partial charge in [-0.3, -0.25) is 4.79 Å². The number of carbonyl (C=O) groups is 1. The van der Waals surface area contributed by atoms with E-state index >= 15 is 0 Å². The molecule has 0 aliphatic carbocycles. The minimum atomic E-state index is -3.71. The first-order valence-electron chi connectivity index (χ1n) is 9.45. The Balaban J connectivity index is 2.42. The van der Waals surface area contributed by atoms with E-state index in [-0.39, 0.29) is 22.9 Å². The summed E-state index contributed by atoms with van der Waals surface area (Å²) in [6.45, 7) is 4.43. The smallest absolute Gasteiger partial charge is 0.257 e. The summed E-state index contributed by atoms with van der Waals surface area (Å²) in [5, 5.41) is 0.525. The Labute approximate surface area is 183 Å². The SMILES string of the molecule is CCN(CC)S(=O)(=O)c1ccc(OC)c(C(=O)N(C)Cc2cc(Cl)ccc2OC)c1. The Kier molecular flexibility index (Phi) is 8.11. The predicted octanol–water partition coefficient (Wildman–Crippen LogP) is 3.66. The van der Waals surface area contributed by atoms with Crippen LogP contribution >= 0.6 is 11.6 Å². The van der Waals surface area contributed by atoms with Gasteiger partial charge in [-0.1, -0.05) is 25.4 Å². The highest BCUT2D eigenvalue weighted by molar-refractivity contribution is 7.89. The first kappa shape index (κ1) is 24.0. The highest BCUT2D eigenvalue weighted by Crippen LogP contribution is 2.28. The molecule has 0 fully saturated rings. The van der Waals surface area contributed by atoms with E-state index in [2.05, 4.69) is 0 Å². The average molecular weight is 455 g/mol. The van der Waals surface area contributed by atoms with Crippen LogP contribution < -0.4 is 9.47 Å². The van der Waals surface area contributed by atoms with Gasteiger partial charge >= 0.3 is 0 Å². The molecule has 30 heavy (non-hydrogen) atoms. The van der Waals surface area contributed by atoms with Gasteiger partial charge in [0.2, 0.25) is 10.0 Å². The van der Waals surface area contributed by atoms with Gasteiger partial charge in [-0.2, -0.15) is 4.31 Å². The van der Waals surface area contributed by atoms with Crippen molar-refractivity contribution in [2.24, 2.45) is 0 Å². The highest BCUT2D eigenvalue weighted by Gasteiger charge is 2.26. The van der Waals surface area contributed by atoms with Crippen molar-refractivity contribution in [3.8, 4) is 11.5 Å². The van der Waals surface area contributed by atoms with Crippen LogP contribution in [0.2, 0.25) is 5.02 Å². The molecule has 0 aliphatic rings. The number of amides is 1. The molecule has 164 valence electrons. The van der Waals surface area contributed by atoms with E-state index in [9.17, 15) is 13.2 Å². The van der Waals surface area contributed by atoms with Crippen LogP contribution in [0.15, 0.2) is 41.3 Å². The molecular weight excluding hydrogens is 428 g/mol. The van der Waals surface area contributed by atoms with Gasteiger partial charge in [0.1, 0.15) is 11.5 Å². The number of sulfonamides is 1. The summed E-state index contributed by atoms with van der Waals surface area (Å²) < 4.78 is 37.7. The quantitative estimate of drug-likeness (QED) is 0.578. The molecule has 0 atom stereocenters. The van der Waals surface area contributed by atoms with Crippen LogP contribution in [0, 0.1) is 0 Å². The minimum Gasteiger partial charge on any atom is -0.496 e. The summed E-state index contributed by atoms with van der Waals surface area (Å²) in [7, 11) is 0.881. The number of rotatable bonds is 9. The van der Waals surface area contributed by atoms with Crippen LogP contribution in [-0.2, 0) is 16.6 Å². The van der Waals surface area contributed by atoms with Crippen LogP contribution in [0.3, 0.4) is 0 Å². The van der Waals surface area contributed by atoms with E-state index in [4.69, 9.17) is 21.1 Å². The van der Waals surface area contributed by atoms with E-state index < -0.39 is 10.0 Å². The minimum absolute atomic E-state index is 0.0455. The van der Waals surface area contributed by atoms with Crippen molar-refractivity contribution in [3.05, 3.63) is 52.5 Å². The predicted molar refractivity (Wildman–Crippen MR) is 117 cm³/mol. The summed E-state index contributed by atoms with van der Waals surface area (Å²) in [5.41, 5.74) is 0.890. The van der Waals surface area contributed by atoms with Gasteiger partial charge in [-0.25, -0.2) is 8.42 Å². The molecule has 0 radical (unpaired) electrons. The Hall–Kier alpha value is -2.29. The summed E-state index contributed by atoms with van der Waals surface area (Å²) in [6.07, 6.45) is 0. The van der Waals surface area contributed by atoms with E-state index in [0.29, 0.717) is 29.6 Å². The van der Waals surface area contributed by atoms with Gasteiger partial charge in [-0.15, -0.1) is 0 Å². The second-order valence-corrected chi connectivity index (χ2v) is 8.94. The lowest BCUT2D eigenvalue weighted by Gasteiger charge is -2.22. The molecule has 0 heterocycles. The molecule has 0 spiro atoms. The Bertz CT molecular complexity index is 1010. The molecule has 0 N–H and O–H groups in total. The number of methoxy groups -OCH3 is 2. The lowest BCUT2D eigenvalue weighted by Crippen LogP contribution is -2.31. The first-order valence-corrected chi connectivity index (χ1v) is 11.3. The van der Waals surface area contributed by atoms with Crippen LogP contribution in [0.5, 0.6) is 11.5 Å². The van der Waals surface area contributed by atoms with Crippen molar-refractivity contribution in [1.29, 1.82) is 0 Å². The fourth-order valence-corrected chi connectivity index (χ4v) is 4.81. The third-order valence-electron chi connectivity index (χ3n) is 4.74. The maximum atomic E-state index is 13.2. The zero-order valence-electron chi connectivity index (χ0n) is 17.8. The molecule has 0 bridgehead atoms. The Morgan fingerprint density at radius 3 is 2.17 bits per heavy atom. The topological polar surface area (TPSA) is 76.2 Å². The number of carbonyl (C=O) groups excluding carboxylic acids is 1. The standard InChI is InChI=1S/C21H27ClN2O5S/c1-6-24(7-2)30(26,27)17-9-11-20(29-5)18(13-17)21(25)23(3)14-15-12-16(22)8-10-19(15)28-4/h8-13H,6-7,14H2,1-5H3. The molecule has 0 saturated carbocycles. The second kappa shape index (κ2) is 10.1. The van der Waals surface area contributed by atoms with Gasteiger partial charge in [0.05, 0.1) is 24.7 Å². The third kappa shape index (κ3) is 5.06. The van der Waals surface area contributed by atoms with E-state index in [1.165, 1.54) is 34.5 Å². The molecule has 0 aromatic heterocycles. The van der Waals surface area contributed by atoms with Crippen LogP contribution in [0.25, 0.3) is 0 Å². The van der Waals surface area contributed by atoms with Crippen molar-refractivity contribution >= 4 is 27.5 Å². The van der Waals surface area contributed by atoms with Crippen molar-refractivity contribution in [2.75, 3.05) is 34.4 Å². The first-order chi connectivity index (χ1) is 14.2. The van der Waals surface area contributed by atoms with Crippen molar-refractivity contribution < 1.29 is 22.7 Å². The highest BCUT2D eigenvalue weighted by atomic mass is 35.5.